The molecule has 0 spiro atoms. The summed E-state index contributed by atoms with van der Waals surface area (Å²) in [6, 6.07) is 3.14. The van der Waals surface area contributed by atoms with Crippen LogP contribution in [0.5, 0.6) is 0 Å². The first-order valence-electron chi connectivity index (χ1n) is 7.17. The summed E-state index contributed by atoms with van der Waals surface area (Å²) in [5.41, 5.74) is 0. The van der Waals surface area contributed by atoms with E-state index in [0.717, 1.165) is 11.3 Å². The van der Waals surface area contributed by atoms with E-state index in [0.29, 0.717) is 30.0 Å². The van der Waals surface area contributed by atoms with Gasteiger partial charge in [0, 0.05) is 26.2 Å². The zero-order chi connectivity index (χ0) is 17.3. The number of hydrogen-bond donors (Lipinski definition) is 3. The molecule has 0 saturated heterocycles. The number of hydrogen-bond acceptors (Lipinski definition) is 5. The van der Waals surface area contributed by atoms with Crippen molar-refractivity contribution in [3.05, 3.63) is 16.5 Å². The van der Waals surface area contributed by atoms with Crippen LogP contribution in [0, 0.1) is 0 Å². The zero-order valence-corrected chi connectivity index (χ0v) is 18.6. The van der Waals surface area contributed by atoms with Gasteiger partial charge in [-0.25, -0.2) is 13.1 Å². The highest BCUT2D eigenvalue weighted by Crippen LogP contribution is 2.25. The topological polar surface area (TPSA) is 91.8 Å². The van der Waals surface area contributed by atoms with Crippen molar-refractivity contribution >= 4 is 62.9 Å². The lowest BCUT2D eigenvalue weighted by Gasteiger charge is -2.17. The number of nitrogens with one attached hydrogen (secondary N) is 3. The monoisotopic (exact) mass is 510 g/mol. The standard InChI is InChI=1S/C13H23ClN4O3S2.HI/c1-4-15-13(18-10(2)9-21-3)16-7-8-17-23(19,20)12-6-5-11(14)22-12;/h5-6,10,17H,4,7-9H2,1-3H3,(H2,15,16,18);1H. The van der Waals surface area contributed by atoms with Gasteiger partial charge in [0.15, 0.2) is 5.96 Å². The molecule has 3 N–H and O–H groups in total. The van der Waals surface area contributed by atoms with Crippen LogP contribution >= 0.6 is 46.9 Å². The molecule has 0 amide bonds. The minimum atomic E-state index is -3.53. The molecule has 1 unspecified atom stereocenters. The van der Waals surface area contributed by atoms with Crippen molar-refractivity contribution in [2.24, 2.45) is 4.99 Å². The molecule has 0 radical (unpaired) electrons. The average Bonchev–Trinajstić information content (AvgIpc) is 2.91. The molecule has 1 aromatic rings. The summed E-state index contributed by atoms with van der Waals surface area (Å²) in [4.78, 5) is 4.33. The Kier molecular flexibility index (Phi) is 12.2. The Balaban J connectivity index is 0.00000529. The predicted molar refractivity (Wildman–Crippen MR) is 110 cm³/mol. The summed E-state index contributed by atoms with van der Waals surface area (Å²) >= 11 is 6.78. The Morgan fingerprint density at radius 3 is 2.71 bits per heavy atom. The van der Waals surface area contributed by atoms with Gasteiger partial charge in [0.25, 0.3) is 0 Å². The van der Waals surface area contributed by atoms with Crippen molar-refractivity contribution < 1.29 is 13.2 Å². The van der Waals surface area contributed by atoms with E-state index in [1.807, 2.05) is 13.8 Å². The van der Waals surface area contributed by atoms with Gasteiger partial charge in [0.2, 0.25) is 10.0 Å². The predicted octanol–water partition coefficient (Wildman–Crippen LogP) is 1.89. The summed E-state index contributed by atoms with van der Waals surface area (Å²) in [6.07, 6.45) is 0. The maximum absolute atomic E-state index is 12.0. The quantitative estimate of drug-likeness (QED) is 0.204. The summed E-state index contributed by atoms with van der Waals surface area (Å²) in [7, 11) is -1.89. The van der Waals surface area contributed by atoms with Crippen LogP contribution < -0.4 is 15.4 Å². The van der Waals surface area contributed by atoms with Gasteiger partial charge in [0.05, 0.1) is 17.5 Å². The van der Waals surface area contributed by atoms with Crippen molar-refractivity contribution in [1.29, 1.82) is 0 Å². The van der Waals surface area contributed by atoms with Crippen LogP contribution in [0.1, 0.15) is 13.8 Å². The SMILES string of the molecule is CCNC(=NCCNS(=O)(=O)c1ccc(Cl)s1)NC(C)COC.I. The molecule has 0 fully saturated rings. The number of halogens is 2. The maximum atomic E-state index is 12.0. The molecule has 11 heteroatoms. The molecular formula is C13H24ClIN4O3S2. The number of thiophene rings is 1. The lowest BCUT2D eigenvalue weighted by Crippen LogP contribution is -2.44. The van der Waals surface area contributed by atoms with E-state index in [4.69, 9.17) is 16.3 Å². The Morgan fingerprint density at radius 2 is 2.17 bits per heavy atom. The fourth-order valence-corrected chi connectivity index (χ4v) is 4.25. The van der Waals surface area contributed by atoms with Crippen LogP contribution in [0.25, 0.3) is 0 Å². The van der Waals surface area contributed by atoms with Gasteiger partial charge in [-0.2, -0.15) is 0 Å². The highest BCUT2D eigenvalue weighted by molar-refractivity contribution is 14.0. The summed E-state index contributed by atoms with van der Waals surface area (Å²) < 4.78 is 32.2. The first kappa shape index (κ1) is 23.9. The Labute approximate surface area is 169 Å². The average molecular weight is 511 g/mol. The van der Waals surface area contributed by atoms with Gasteiger partial charge >= 0.3 is 0 Å². The maximum Gasteiger partial charge on any atom is 0.250 e. The number of sulfonamides is 1. The Bertz CT molecular complexity index is 610. The number of ether oxygens (including phenoxy) is 1. The van der Waals surface area contributed by atoms with Gasteiger partial charge in [-0.3, -0.25) is 4.99 Å². The number of aliphatic imine (C=N–C) groups is 1. The molecule has 1 aromatic heterocycles. The molecule has 1 rings (SSSR count). The third-order valence-corrected chi connectivity index (χ3v) is 5.82. The Morgan fingerprint density at radius 1 is 1.46 bits per heavy atom. The third-order valence-electron chi connectivity index (χ3n) is 2.63. The van der Waals surface area contributed by atoms with E-state index in [1.165, 1.54) is 6.07 Å². The molecule has 7 nitrogen and oxygen atoms in total. The second-order valence-corrected chi connectivity index (χ2v) is 8.43. The molecule has 1 atom stereocenters. The molecule has 0 aliphatic heterocycles. The van der Waals surface area contributed by atoms with E-state index >= 15 is 0 Å². The molecule has 1 heterocycles. The van der Waals surface area contributed by atoms with Crippen LogP contribution in [0.4, 0.5) is 0 Å². The molecule has 24 heavy (non-hydrogen) atoms. The number of guanidine groups is 1. The smallest absolute Gasteiger partial charge is 0.250 e. The lowest BCUT2D eigenvalue weighted by molar-refractivity contribution is 0.179. The van der Waals surface area contributed by atoms with Crippen LogP contribution in [-0.4, -0.2) is 53.8 Å². The second-order valence-electron chi connectivity index (χ2n) is 4.72. The molecular weight excluding hydrogens is 487 g/mol. The van der Waals surface area contributed by atoms with Crippen LogP contribution in [0.2, 0.25) is 4.34 Å². The molecule has 0 aromatic carbocycles. The highest BCUT2D eigenvalue weighted by atomic mass is 127. The van der Waals surface area contributed by atoms with Gasteiger partial charge < -0.3 is 15.4 Å². The molecule has 0 aliphatic rings. The zero-order valence-electron chi connectivity index (χ0n) is 13.8. The Hall–Kier alpha value is -0.140. The molecule has 140 valence electrons. The molecule has 0 saturated carbocycles. The van der Waals surface area contributed by atoms with Crippen molar-refractivity contribution in [2.75, 3.05) is 33.4 Å². The van der Waals surface area contributed by atoms with E-state index in [2.05, 4.69) is 20.3 Å². The number of methoxy groups -OCH3 is 1. The number of rotatable bonds is 9. The summed E-state index contributed by atoms with van der Waals surface area (Å²) in [5.74, 6) is 0.621. The van der Waals surface area contributed by atoms with E-state index in [9.17, 15) is 8.42 Å². The summed E-state index contributed by atoms with van der Waals surface area (Å²) in [5, 5.41) is 6.27. The molecule has 0 bridgehead atoms. The van der Waals surface area contributed by atoms with Crippen molar-refractivity contribution in [1.82, 2.24) is 15.4 Å². The lowest BCUT2D eigenvalue weighted by atomic mass is 10.4. The third kappa shape index (κ3) is 8.81. The van der Waals surface area contributed by atoms with E-state index in [1.54, 1.807) is 13.2 Å². The van der Waals surface area contributed by atoms with Gasteiger partial charge in [0.1, 0.15) is 4.21 Å². The molecule has 0 aliphatic carbocycles. The van der Waals surface area contributed by atoms with Crippen LogP contribution in [-0.2, 0) is 14.8 Å². The minimum absolute atomic E-state index is 0. The van der Waals surface area contributed by atoms with Gasteiger partial charge in [-0.05, 0) is 26.0 Å². The number of nitrogens with zero attached hydrogens (tertiary/aromatic N) is 1. The van der Waals surface area contributed by atoms with Crippen LogP contribution in [0.15, 0.2) is 21.3 Å². The second kappa shape index (κ2) is 12.3. The van der Waals surface area contributed by atoms with Gasteiger partial charge in [-0.15, -0.1) is 35.3 Å². The van der Waals surface area contributed by atoms with E-state index in [-0.39, 0.29) is 40.8 Å². The fourth-order valence-electron chi connectivity index (χ4n) is 1.71. The highest BCUT2D eigenvalue weighted by Gasteiger charge is 2.15. The van der Waals surface area contributed by atoms with Crippen molar-refractivity contribution in [3.63, 3.8) is 0 Å². The summed E-state index contributed by atoms with van der Waals surface area (Å²) in [6.45, 7) is 5.71. The van der Waals surface area contributed by atoms with E-state index < -0.39 is 10.0 Å². The van der Waals surface area contributed by atoms with Crippen molar-refractivity contribution in [2.45, 2.75) is 24.1 Å². The van der Waals surface area contributed by atoms with Gasteiger partial charge in [-0.1, -0.05) is 11.6 Å². The normalized spacial score (nSPS) is 13.2. The first-order valence-corrected chi connectivity index (χ1v) is 9.85. The largest absolute Gasteiger partial charge is 0.383 e. The van der Waals surface area contributed by atoms with Crippen molar-refractivity contribution in [3.8, 4) is 0 Å². The van der Waals surface area contributed by atoms with Crippen LogP contribution in [0.3, 0.4) is 0 Å². The minimum Gasteiger partial charge on any atom is -0.383 e. The fraction of sp³-hybridized carbons (Fsp3) is 0.615. The first-order chi connectivity index (χ1) is 10.9.